The van der Waals surface area contributed by atoms with Crippen LogP contribution in [-0.2, 0) is 0 Å². The Balaban J connectivity index is 1.74. The number of hydrogen-bond donors (Lipinski definition) is 1. The zero-order valence-electron chi connectivity index (χ0n) is 15.0. The first kappa shape index (κ1) is 17.5. The number of hydrazone groups is 1. The third kappa shape index (κ3) is 3.68. The quantitative estimate of drug-likeness (QED) is 0.607. The maximum Gasteiger partial charge on any atom is 0.156 e. The molecular formula is C21H27N3O. The predicted octanol–water partition coefficient (Wildman–Crippen LogP) is 3.87. The molecule has 1 aromatic rings. The lowest BCUT2D eigenvalue weighted by Gasteiger charge is -2.52. The van der Waals surface area contributed by atoms with Crippen molar-refractivity contribution in [3.05, 3.63) is 54.1 Å². The zero-order chi connectivity index (χ0) is 17.7. The number of amidine groups is 1. The van der Waals surface area contributed by atoms with Crippen molar-refractivity contribution in [1.82, 2.24) is 10.3 Å². The van der Waals surface area contributed by atoms with E-state index in [4.69, 9.17) is 0 Å². The van der Waals surface area contributed by atoms with E-state index < -0.39 is 0 Å². The number of nitrogens with zero attached hydrogens (tertiary/aromatic N) is 2. The van der Waals surface area contributed by atoms with Crippen LogP contribution in [-0.4, -0.2) is 36.7 Å². The summed E-state index contributed by atoms with van der Waals surface area (Å²) in [7, 11) is 0. The number of likely N-dealkylation sites (tertiary alicyclic amines) is 1. The molecule has 3 rings (SSSR count). The summed E-state index contributed by atoms with van der Waals surface area (Å²) in [6.45, 7) is 8.98. The summed E-state index contributed by atoms with van der Waals surface area (Å²) in [6.07, 6.45) is 9.84. The van der Waals surface area contributed by atoms with E-state index in [1.807, 2.05) is 30.3 Å². The molecule has 0 radical (unpaired) electrons. The lowest BCUT2D eigenvalue weighted by molar-refractivity contribution is 0.0413. The molecule has 2 aliphatic rings. The Hall–Kier alpha value is -2.36. The molecule has 0 aliphatic carbocycles. The number of nitrogens with one attached hydrogen (secondary N) is 1. The SMILES string of the molecule is C=CCCC1(CCC)CN(C2=NNCC=C2c2ccc(C=O)cc2)C1. The number of carbonyl (C=O) groups is 1. The van der Waals surface area contributed by atoms with E-state index >= 15 is 0 Å². The van der Waals surface area contributed by atoms with E-state index in [0.29, 0.717) is 11.0 Å². The van der Waals surface area contributed by atoms with Crippen molar-refractivity contribution in [2.45, 2.75) is 32.6 Å². The topological polar surface area (TPSA) is 44.7 Å². The zero-order valence-corrected chi connectivity index (χ0v) is 15.0. The fourth-order valence-corrected chi connectivity index (χ4v) is 3.94. The van der Waals surface area contributed by atoms with Gasteiger partial charge >= 0.3 is 0 Å². The summed E-state index contributed by atoms with van der Waals surface area (Å²) in [5.74, 6) is 1.02. The largest absolute Gasteiger partial charge is 0.353 e. The van der Waals surface area contributed by atoms with Gasteiger partial charge in [0, 0.05) is 29.6 Å². The van der Waals surface area contributed by atoms with Crippen LogP contribution in [0.4, 0.5) is 0 Å². The van der Waals surface area contributed by atoms with Crippen molar-refractivity contribution in [3.8, 4) is 0 Å². The van der Waals surface area contributed by atoms with Crippen LogP contribution in [0.15, 0.2) is 48.1 Å². The Morgan fingerprint density at radius 3 is 2.68 bits per heavy atom. The summed E-state index contributed by atoms with van der Waals surface area (Å²) in [5.41, 5.74) is 6.48. The van der Waals surface area contributed by atoms with Crippen LogP contribution < -0.4 is 5.43 Å². The Labute approximate surface area is 150 Å². The minimum atomic E-state index is 0.398. The smallest absolute Gasteiger partial charge is 0.156 e. The highest BCUT2D eigenvalue weighted by Gasteiger charge is 2.43. The van der Waals surface area contributed by atoms with Crippen LogP contribution in [0.5, 0.6) is 0 Å². The molecule has 4 heteroatoms. The first-order chi connectivity index (χ1) is 12.2. The van der Waals surface area contributed by atoms with E-state index in [1.165, 1.54) is 19.3 Å². The standard InChI is InChI=1S/C21H27N3O/c1-3-5-12-21(11-4-2)15-24(16-21)20-19(10-13-22-23-20)18-8-6-17(14-25)7-9-18/h3,6-10,14,22H,1,4-5,11-13,15-16H2,2H3. The van der Waals surface area contributed by atoms with Gasteiger partial charge < -0.3 is 10.3 Å². The van der Waals surface area contributed by atoms with Gasteiger partial charge in [-0.2, -0.15) is 5.10 Å². The summed E-state index contributed by atoms with van der Waals surface area (Å²) >= 11 is 0. The van der Waals surface area contributed by atoms with Gasteiger partial charge in [0.05, 0.1) is 6.54 Å². The lowest BCUT2D eigenvalue weighted by atomic mass is 9.72. The monoisotopic (exact) mass is 337 g/mol. The van der Waals surface area contributed by atoms with Gasteiger partial charge in [-0.25, -0.2) is 0 Å². The number of rotatable bonds is 7. The number of benzene rings is 1. The molecule has 2 heterocycles. The van der Waals surface area contributed by atoms with Gasteiger partial charge in [0.15, 0.2) is 5.84 Å². The summed E-state index contributed by atoms with van der Waals surface area (Å²) in [6, 6.07) is 7.75. The van der Waals surface area contributed by atoms with Gasteiger partial charge in [0.2, 0.25) is 0 Å². The molecule has 1 saturated heterocycles. The van der Waals surface area contributed by atoms with E-state index in [0.717, 1.165) is 49.3 Å². The molecule has 132 valence electrons. The maximum atomic E-state index is 10.9. The van der Waals surface area contributed by atoms with Crippen LogP contribution in [0.1, 0.15) is 48.5 Å². The Bertz CT molecular complexity index is 682. The fourth-order valence-electron chi connectivity index (χ4n) is 3.94. The van der Waals surface area contributed by atoms with Gasteiger partial charge in [-0.1, -0.05) is 49.8 Å². The van der Waals surface area contributed by atoms with Crippen molar-refractivity contribution in [1.29, 1.82) is 0 Å². The van der Waals surface area contributed by atoms with Crippen molar-refractivity contribution >= 4 is 17.7 Å². The molecule has 25 heavy (non-hydrogen) atoms. The number of allylic oxidation sites excluding steroid dienone is 1. The van der Waals surface area contributed by atoms with Crippen LogP contribution in [0.3, 0.4) is 0 Å². The molecule has 1 N–H and O–H groups in total. The molecule has 0 spiro atoms. The number of aldehydes is 1. The van der Waals surface area contributed by atoms with Crippen molar-refractivity contribution in [3.63, 3.8) is 0 Å². The van der Waals surface area contributed by atoms with E-state index in [-0.39, 0.29) is 0 Å². The summed E-state index contributed by atoms with van der Waals surface area (Å²) in [5, 5.41) is 4.59. The van der Waals surface area contributed by atoms with E-state index in [1.54, 1.807) is 0 Å². The van der Waals surface area contributed by atoms with Crippen molar-refractivity contribution in [2.75, 3.05) is 19.6 Å². The summed E-state index contributed by atoms with van der Waals surface area (Å²) in [4.78, 5) is 13.3. The van der Waals surface area contributed by atoms with E-state index in [9.17, 15) is 4.79 Å². The number of hydrogen-bond acceptors (Lipinski definition) is 4. The first-order valence-electron chi connectivity index (χ1n) is 9.14. The minimum absolute atomic E-state index is 0.398. The second kappa shape index (κ2) is 7.68. The van der Waals surface area contributed by atoms with Gasteiger partial charge in [-0.3, -0.25) is 4.79 Å². The second-order valence-corrected chi connectivity index (χ2v) is 7.09. The Morgan fingerprint density at radius 2 is 2.04 bits per heavy atom. The van der Waals surface area contributed by atoms with Crippen molar-refractivity contribution in [2.24, 2.45) is 10.5 Å². The third-order valence-corrected chi connectivity index (χ3v) is 5.19. The first-order valence-corrected chi connectivity index (χ1v) is 9.14. The van der Waals surface area contributed by atoms with Crippen LogP contribution in [0.25, 0.3) is 5.57 Å². The molecule has 0 amide bonds. The Kier molecular flexibility index (Phi) is 5.37. The average Bonchev–Trinajstić information content (AvgIpc) is 2.63. The molecular weight excluding hydrogens is 310 g/mol. The van der Waals surface area contributed by atoms with Gasteiger partial charge in [0.25, 0.3) is 0 Å². The van der Waals surface area contributed by atoms with Gasteiger partial charge in [0.1, 0.15) is 6.29 Å². The third-order valence-electron chi connectivity index (χ3n) is 5.19. The molecule has 0 atom stereocenters. The maximum absolute atomic E-state index is 10.9. The Morgan fingerprint density at radius 1 is 1.28 bits per heavy atom. The molecule has 1 aromatic carbocycles. The molecule has 0 unspecified atom stereocenters. The number of carbonyl (C=O) groups excluding carboxylic acids is 1. The molecule has 1 fully saturated rings. The van der Waals surface area contributed by atoms with Crippen LogP contribution in [0.2, 0.25) is 0 Å². The second-order valence-electron chi connectivity index (χ2n) is 7.09. The predicted molar refractivity (Wildman–Crippen MR) is 104 cm³/mol. The molecule has 0 bridgehead atoms. The lowest BCUT2D eigenvalue weighted by Crippen LogP contribution is -2.59. The van der Waals surface area contributed by atoms with Crippen LogP contribution in [0, 0.1) is 5.41 Å². The van der Waals surface area contributed by atoms with Gasteiger partial charge in [-0.15, -0.1) is 6.58 Å². The molecule has 0 aromatic heterocycles. The normalized spacial score (nSPS) is 18.5. The minimum Gasteiger partial charge on any atom is -0.353 e. The highest BCUT2D eigenvalue weighted by atomic mass is 16.1. The summed E-state index contributed by atoms with van der Waals surface area (Å²) < 4.78 is 0. The highest BCUT2D eigenvalue weighted by molar-refractivity contribution is 6.23. The van der Waals surface area contributed by atoms with Crippen LogP contribution >= 0.6 is 0 Å². The molecule has 4 nitrogen and oxygen atoms in total. The average molecular weight is 337 g/mol. The molecule has 2 aliphatic heterocycles. The van der Waals surface area contributed by atoms with Crippen molar-refractivity contribution < 1.29 is 4.79 Å². The van der Waals surface area contributed by atoms with Gasteiger partial charge in [-0.05, 0) is 24.8 Å². The highest BCUT2D eigenvalue weighted by Crippen LogP contribution is 2.41. The fraction of sp³-hybridized carbons (Fsp3) is 0.429. The molecule has 0 saturated carbocycles. The van der Waals surface area contributed by atoms with E-state index in [2.05, 4.69) is 35.0 Å².